The van der Waals surface area contributed by atoms with Crippen molar-refractivity contribution in [2.75, 3.05) is 13.6 Å². The molecule has 0 aliphatic carbocycles. The molecular weight excluding hydrogens is 279 g/mol. The van der Waals surface area contributed by atoms with Gasteiger partial charge in [0.15, 0.2) is 0 Å². The van der Waals surface area contributed by atoms with Crippen LogP contribution in [0.3, 0.4) is 0 Å². The van der Waals surface area contributed by atoms with Gasteiger partial charge in [-0.2, -0.15) is 0 Å². The number of benzene rings is 1. The number of rotatable bonds is 3. The minimum Gasteiger partial charge on any atom is -0.480 e. The summed E-state index contributed by atoms with van der Waals surface area (Å²) < 4.78 is 13.1. The lowest BCUT2D eigenvalue weighted by Crippen LogP contribution is -2.46. The fourth-order valence-electron chi connectivity index (χ4n) is 2.46. The third-order valence-corrected chi connectivity index (χ3v) is 3.45. The van der Waals surface area contributed by atoms with E-state index >= 15 is 0 Å². The largest absolute Gasteiger partial charge is 0.480 e. The molecule has 2 N–H and O–H groups in total. The molecule has 0 unspecified atom stereocenters. The van der Waals surface area contributed by atoms with Crippen LogP contribution in [0.25, 0.3) is 0 Å². The molecule has 7 heteroatoms. The highest BCUT2D eigenvalue weighted by atomic mass is 19.1. The van der Waals surface area contributed by atoms with E-state index in [1.807, 2.05) is 0 Å². The topological polar surface area (TPSA) is 81.1 Å². The lowest BCUT2D eigenvalue weighted by molar-refractivity contribution is -0.141. The Labute approximate surface area is 121 Å². The Morgan fingerprint density at radius 2 is 2.19 bits per heavy atom. The Bertz CT molecular complexity index is 552. The number of urea groups is 1. The van der Waals surface area contributed by atoms with Crippen molar-refractivity contribution in [1.29, 1.82) is 0 Å². The fourth-order valence-corrected chi connectivity index (χ4v) is 2.46. The van der Waals surface area contributed by atoms with Gasteiger partial charge in [-0.15, -0.1) is 0 Å². The van der Waals surface area contributed by atoms with Crippen LogP contribution < -0.4 is 0 Å². The molecule has 1 aromatic carbocycles. The van der Waals surface area contributed by atoms with Gasteiger partial charge in [-0.1, -0.05) is 12.1 Å². The highest BCUT2D eigenvalue weighted by molar-refractivity contribution is 5.83. The van der Waals surface area contributed by atoms with E-state index < -0.39 is 30.0 Å². The van der Waals surface area contributed by atoms with Gasteiger partial charge in [0.05, 0.1) is 6.10 Å². The van der Waals surface area contributed by atoms with Crippen molar-refractivity contribution in [2.24, 2.45) is 0 Å². The molecule has 1 fully saturated rings. The van der Waals surface area contributed by atoms with Gasteiger partial charge >= 0.3 is 12.0 Å². The van der Waals surface area contributed by atoms with E-state index in [1.165, 1.54) is 24.1 Å². The Balaban J connectivity index is 2.06. The molecule has 6 nitrogen and oxygen atoms in total. The number of hydrogen-bond donors (Lipinski definition) is 2. The summed E-state index contributed by atoms with van der Waals surface area (Å²) in [6.07, 6.45) is -0.813. The van der Waals surface area contributed by atoms with E-state index in [0.717, 1.165) is 4.90 Å². The van der Waals surface area contributed by atoms with Crippen LogP contribution in [0.15, 0.2) is 24.3 Å². The number of hydrogen-bond acceptors (Lipinski definition) is 3. The number of aliphatic hydroxyl groups is 1. The maximum Gasteiger partial charge on any atom is 0.326 e. The van der Waals surface area contributed by atoms with Crippen molar-refractivity contribution in [1.82, 2.24) is 9.80 Å². The van der Waals surface area contributed by atoms with E-state index in [1.54, 1.807) is 12.1 Å². The van der Waals surface area contributed by atoms with Crippen molar-refractivity contribution in [3.63, 3.8) is 0 Å². The predicted octanol–water partition coefficient (Wildman–Crippen LogP) is 0.897. The van der Waals surface area contributed by atoms with E-state index in [0.29, 0.717) is 5.56 Å². The maximum absolute atomic E-state index is 13.1. The molecule has 114 valence electrons. The highest BCUT2D eigenvalue weighted by Crippen LogP contribution is 2.20. The molecule has 2 rings (SSSR count). The van der Waals surface area contributed by atoms with Crippen molar-refractivity contribution in [3.8, 4) is 0 Å². The summed E-state index contributed by atoms with van der Waals surface area (Å²) >= 11 is 0. The second-order valence-corrected chi connectivity index (χ2v) is 5.16. The number of aliphatic hydroxyl groups excluding tert-OH is 1. The lowest BCUT2D eigenvalue weighted by atomic mass is 10.2. The van der Waals surface area contributed by atoms with Crippen molar-refractivity contribution in [2.45, 2.75) is 25.1 Å². The third-order valence-electron chi connectivity index (χ3n) is 3.45. The minimum atomic E-state index is -1.14. The molecule has 0 spiro atoms. The van der Waals surface area contributed by atoms with Crippen LogP contribution in [-0.2, 0) is 11.3 Å². The number of carbonyl (C=O) groups is 2. The average Bonchev–Trinajstić information content (AvgIpc) is 2.80. The molecular formula is C14H17FN2O4. The number of amides is 2. The van der Waals surface area contributed by atoms with Crippen LogP contribution in [0.1, 0.15) is 12.0 Å². The average molecular weight is 296 g/mol. The Morgan fingerprint density at radius 1 is 1.48 bits per heavy atom. The van der Waals surface area contributed by atoms with Gasteiger partial charge in [0.25, 0.3) is 0 Å². The van der Waals surface area contributed by atoms with Crippen molar-refractivity contribution < 1.29 is 24.2 Å². The minimum absolute atomic E-state index is 0.0106. The number of carboxylic acid groups (broad SMARTS) is 1. The van der Waals surface area contributed by atoms with Crippen molar-refractivity contribution in [3.05, 3.63) is 35.6 Å². The number of nitrogens with zero attached hydrogens (tertiary/aromatic N) is 2. The molecule has 1 heterocycles. The molecule has 1 aliphatic rings. The van der Waals surface area contributed by atoms with Gasteiger partial charge in [-0.05, 0) is 17.7 Å². The summed E-state index contributed by atoms with van der Waals surface area (Å²) in [5, 5.41) is 18.6. The second kappa shape index (κ2) is 6.09. The normalized spacial score (nSPS) is 21.4. The molecule has 0 bridgehead atoms. The molecule has 21 heavy (non-hydrogen) atoms. The Kier molecular flexibility index (Phi) is 4.42. The monoisotopic (exact) mass is 296 g/mol. The SMILES string of the molecule is CN(Cc1cccc(F)c1)C(=O)N1C[C@@H](O)C[C@H]1C(=O)O. The summed E-state index contributed by atoms with van der Waals surface area (Å²) in [5.41, 5.74) is 0.609. The maximum atomic E-state index is 13.1. The predicted molar refractivity (Wildman–Crippen MR) is 72.0 cm³/mol. The molecule has 0 radical (unpaired) electrons. The summed E-state index contributed by atoms with van der Waals surface area (Å²) in [6, 6.07) is 4.33. The molecule has 1 saturated heterocycles. The molecule has 2 amide bonds. The first kappa shape index (κ1) is 15.2. The van der Waals surface area contributed by atoms with E-state index in [-0.39, 0.29) is 19.5 Å². The van der Waals surface area contributed by atoms with Crippen molar-refractivity contribution >= 4 is 12.0 Å². The van der Waals surface area contributed by atoms with Crippen LogP contribution in [0.2, 0.25) is 0 Å². The lowest BCUT2D eigenvalue weighted by Gasteiger charge is -2.27. The smallest absolute Gasteiger partial charge is 0.326 e. The number of carbonyl (C=O) groups excluding carboxylic acids is 1. The van der Waals surface area contributed by atoms with Gasteiger partial charge in [-0.25, -0.2) is 14.0 Å². The zero-order valence-electron chi connectivity index (χ0n) is 11.6. The third kappa shape index (κ3) is 3.49. The number of halogens is 1. The summed E-state index contributed by atoms with van der Waals surface area (Å²) in [7, 11) is 1.51. The van der Waals surface area contributed by atoms with E-state index in [2.05, 4.69) is 0 Å². The number of carboxylic acids is 1. The Hall–Kier alpha value is -2.15. The number of β-amino-alcohol motifs (C(OH)–C–C–N with tert-alkyl or cyclic N) is 1. The van der Waals surface area contributed by atoms with Gasteiger partial charge in [-0.3, -0.25) is 0 Å². The first-order valence-electron chi connectivity index (χ1n) is 6.55. The fraction of sp³-hybridized carbons (Fsp3) is 0.429. The molecule has 1 aliphatic heterocycles. The van der Waals surface area contributed by atoms with Crippen LogP contribution in [0, 0.1) is 5.82 Å². The van der Waals surface area contributed by atoms with Crippen LogP contribution in [0.4, 0.5) is 9.18 Å². The highest BCUT2D eigenvalue weighted by Gasteiger charge is 2.40. The standard InChI is InChI=1S/C14H17FN2O4/c1-16(7-9-3-2-4-10(15)5-9)14(21)17-8-11(18)6-12(17)13(19)20/h2-5,11-12,18H,6-8H2,1H3,(H,19,20)/t11-,12-/m0/s1. The summed E-state index contributed by atoms with van der Waals surface area (Å²) in [5.74, 6) is -1.53. The number of aliphatic carboxylic acids is 1. The molecule has 2 atom stereocenters. The van der Waals surface area contributed by atoms with Crippen LogP contribution in [-0.4, -0.2) is 57.8 Å². The van der Waals surface area contributed by atoms with Crippen LogP contribution >= 0.6 is 0 Å². The second-order valence-electron chi connectivity index (χ2n) is 5.16. The van der Waals surface area contributed by atoms with Gasteiger partial charge < -0.3 is 20.0 Å². The first-order chi connectivity index (χ1) is 9.88. The van der Waals surface area contributed by atoms with E-state index in [9.17, 15) is 19.1 Å². The molecule has 1 aromatic rings. The molecule has 0 aromatic heterocycles. The summed E-state index contributed by atoms with van der Waals surface area (Å²) in [6.45, 7) is 0.152. The zero-order valence-corrected chi connectivity index (χ0v) is 11.6. The van der Waals surface area contributed by atoms with Gasteiger partial charge in [0, 0.05) is 26.6 Å². The summed E-state index contributed by atoms with van der Waals surface area (Å²) in [4.78, 5) is 25.8. The zero-order chi connectivity index (χ0) is 15.6. The van der Waals surface area contributed by atoms with Gasteiger partial charge in [0.1, 0.15) is 11.9 Å². The van der Waals surface area contributed by atoms with Crippen LogP contribution in [0.5, 0.6) is 0 Å². The Morgan fingerprint density at radius 3 is 2.81 bits per heavy atom. The molecule has 0 saturated carbocycles. The quantitative estimate of drug-likeness (QED) is 0.868. The number of likely N-dealkylation sites (tertiary alicyclic amines) is 1. The van der Waals surface area contributed by atoms with Gasteiger partial charge in [0.2, 0.25) is 0 Å². The van der Waals surface area contributed by atoms with E-state index in [4.69, 9.17) is 5.11 Å². The first-order valence-corrected chi connectivity index (χ1v) is 6.55.